The molecule has 4 atom stereocenters. The SMILES string of the molecule is CCC(C)=C1[C@H]2C=C[C@@H]1[C@H]1C(=O)N(c3ccc(Cl)cc3)C(=O)[C@@H]12. The summed E-state index contributed by atoms with van der Waals surface area (Å²) in [5.41, 5.74) is 3.24. The molecule has 1 aromatic rings. The van der Waals surface area contributed by atoms with Gasteiger partial charge in [-0.2, -0.15) is 0 Å². The number of benzene rings is 1. The van der Waals surface area contributed by atoms with E-state index in [9.17, 15) is 9.59 Å². The molecule has 4 heteroatoms. The largest absolute Gasteiger partial charge is 0.274 e. The van der Waals surface area contributed by atoms with Crippen molar-refractivity contribution in [2.45, 2.75) is 20.3 Å². The molecule has 2 amide bonds. The Balaban J connectivity index is 1.74. The lowest BCUT2D eigenvalue weighted by atomic mass is 9.85. The fourth-order valence-corrected chi connectivity index (χ4v) is 4.51. The third-order valence-electron chi connectivity index (χ3n) is 5.52. The van der Waals surface area contributed by atoms with E-state index in [-0.39, 0.29) is 35.5 Å². The van der Waals surface area contributed by atoms with E-state index >= 15 is 0 Å². The Morgan fingerprint density at radius 2 is 1.57 bits per heavy atom. The van der Waals surface area contributed by atoms with E-state index in [0.29, 0.717) is 10.7 Å². The van der Waals surface area contributed by atoms with Crippen LogP contribution in [0.25, 0.3) is 0 Å². The number of imide groups is 1. The number of anilines is 1. The molecule has 0 N–H and O–H groups in total. The molecule has 118 valence electrons. The van der Waals surface area contributed by atoms with Crippen LogP contribution in [0.15, 0.2) is 47.6 Å². The maximum Gasteiger partial charge on any atom is 0.238 e. The van der Waals surface area contributed by atoms with Gasteiger partial charge in [0.2, 0.25) is 11.8 Å². The van der Waals surface area contributed by atoms with E-state index in [1.807, 2.05) is 0 Å². The van der Waals surface area contributed by atoms with E-state index in [0.717, 1.165) is 6.42 Å². The van der Waals surface area contributed by atoms with E-state index in [2.05, 4.69) is 26.0 Å². The van der Waals surface area contributed by atoms with Crippen molar-refractivity contribution in [2.24, 2.45) is 23.7 Å². The highest BCUT2D eigenvalue weighted by atomic mass is 35.5. The summed E-state index contributed by atoms with van der Waals surface area (Å²) < 4.78 is 0. The lowest BCUT2D eigenvalue weighted by Gasteiger charge is -2.19. The van der Waals surface area contributed by atoms with Gasteiger partial charge in [-0.1, -0.05) is 41.8 Å². The standard InChI is InChI=1S/C19H18ClNO2/c1-3-10(2)15-13-8-9-14(15)17-16(13)18(22)21(19(17)23)12-6-4-11(20)5-7-12/h4-9,13-14,16-17H,3H2,1-2H3/t13-,14+,16-,17-/m1/s1. The molecule has 0 unspecified atom stereocenters. The third-order valence-corrected chi connectivity index (χ3v) is 5.78. The van der Waals surface area contributed by atoms with Gasteiger partial charge in [-0.15, -0.1) is 0 Å². The first kappa shape index (κ1) is 14.7. The predicted octanol–water partition coefficient (Wildman–Crippen LogP) is 3.99. The van der Waals surface area contributed by atoms with Gasteiger partial charge in [0, 0.05) is 16.9 Å². The van der Waals surface area contributed by atoms with Crippen LogP contribution in [0, 0.1) is 23.7 Å². The number of nitrogens with zero attached hydrogens (tertiary/aromatic N) is 1. The minimum Gasteiger partial charge on any atom is -0.274 e. The van der Waals surface area contributed by atoms with Gasteiger partial charge in [-0.3, -0.25) is 9.59 Å². The highest BCUT2D eigenvalue weighted by molar-refractivity contribution is 6.31. The van der Waals surface area contributed by atoms with Gasteiger partial charge >= 0.3 is 0 Å². The molecule has 2 bridgehead atoms. The Morgan fingerprint density at radius 1 is 1.04 bits per heavy atom. The Labute approximate surface area is 140 Å². The average molecular weight is 328 g/mol. The normalized spacial score (nSPS) is 33.6. The summed E-state index contributed by atoms with van der Waals surface area (Å²) in [4.78, 5) is 27.2. The number of hydrogen-bond acceptors (Lipinski definition) is 2. The van der Waals surface area contributed by atoms with Crippen LogP contribution < -0.4 is 4.90 Å². The summed E-state index contributed by atoms with van der Waals surface area (Å²) in [6.07, 6.45) is 5.21. The molecule has 1 saturated carbocycles. The molecule has 0 spiro atoms. The molecule has 3 aliphatic rings. The molecule has 0 aromatic heterocycles. The van der Waals surface area contributed by atoms with Gasteiger partial charge in [0.1, 0.15) is 0 Å². The smallest absolute Gasteiger partial charge is 0.238 e. The van der Waals surface area contributed by atoms with Crippen LogP contribution in [0.4, 0.5) is 5.69 Å². The molecule has 1 heterocycles. The minimum atomic E-state index is -0.232. The lowest BCUT2D eigenvalue weighted by molar-refractivity contribution is -0.122. The van der Waals surface area contributed by atoms with Crippen molar-refractivity contribution < 1.29 is 9.59 Å². The van der Waals surface area contributed by atoms with Crippen LogP contribution in [0.2, 0.25) is 5.02 Å². The first-order chi connectivity index (χ1) is 11.0. The second-order valence-corrected chi connectivity index (χ2v) is 7.00. The van der Waals surface area contributed by atoms with E-state index in [1.54, 1.807) is 24.3 Å². The van der Waals surface area contributed by atoms with E-state index in [1.165, 1.54) is 16.0 Å². The van der Waals surface area contributed by atoms with Gasteiger partial charge in [-0.05, 0) is 37.6 Å². The maximum atomic E-state index is 12.9. The number of amides is 2. The van der Waals surface area contributed by atoms with Crippen LogP contribution in [0.3, 0.4) is 0 Å². The zero-order valence-corrected chi connectivity index (χ0v) is 13.9. The summed E-state index contributed by atoms with van der Waals surface area (Å²) in [6.45, 7) is 4.24. The summed E-state index contributed by atoms with van der Waals surface area (Å²) >= 11 is 5.91. The van der Waals surface area contributed by atoms with Crippen LogP contribution in [-0.4, -0.2) is 11.8 Å². The van der Waals surface area contributed by atoms with Crippen LogP contribution >= 0.6 is 11.6 Å². The molecule has 1 aromatic carbocycles. The van der Waals surface area contributed by atoms with Crippen molar-refractivity contribution >= 4 is 29.1 Å². The monoisotopic (exact) mass is 327 g/mol. The second-order valence-electron chi connectivity index (χ2n) is 6.57. The summed E-state index contributed by atoms with van der Waals surface area (Å²) in [5, 5.41) is 0.596. The first-order valence-corrected chi connectivity index (χ1v) is 8.43. The molecule has 1 aliphatic heterocycles. The number of fused-ring (bicyclic) bond motifs is 5. The zero-order chi connectivity index (χ0) is 16.3. The predicted molar refractivity (Wildman–Crippen MR) is 90.0 cm³/mol. The zero-order valence-electron chi connectivity index (χ0n) is 13.1. The lowest BCUT2D eigenvalue weighted by Crippen LogP contribution is -2.33. The minimum absolute atomic E-state index is 0.0689. The quantitative estimate of drug-likeness (QED) is 0.608. The number of halogens is 1. The number of carbonyl (C=O) groups excluding carboxylic acids is 2. The highest BCUT2D eigenvalue weighted by Gasteiger charge is 2.61. The fourth-order valence-electron chi connectivity index (χ4n) is 4.38. The van der Waals surface area contributed by atoms with Gasteiger partial charge < -0.3 is 0 Å². The number of rotatable bonds is 2. The van der Waals surface area contributed by atoms with Crippen molar-refractivity contribution in [1.29, 1.82) is 0 Å². The van der Waals surface area contributed by atoms with Crippen molar-refractivity contribution in [3.8, 4) is 0 Å². The highest BCUT2D eigenvalue weighted by Crippen LogP contribution is 2.57. The molecule has 23 heavy (non-hydrogen) atoms. The average Bonchev–Trinajstić information content (AvgIpc) is 3.18. The summed E-state index contributed by atoms with van der Waals surface area (Å²) in [5.74, 6) is -0.409. The van der Waals surface area contributed by atoms with Gasteiger partial charge in [-0.25, -0.2) is 4.90 Å². The van der Waals surface area contributed by atoms with Gasteiger partial charge in [0.05, 0.1) is 17.5 Å². The van der Waals surface area contributed by atoms with Crippen molar-refractivity contribution in [2.75, 3.05) is 4.90 Å². The number of allylic oxidation sites excluding steroid dienone is 4. The molecule has 1 saturated heterocycles. The Hall–Kier alpha value is -1.87. The Morgan fingerprint density at radius 3 is 2.04 bits per heavy atom. The van der Waals surface area contributed by atoms with Crippen molar-refractivity contribution in [1.82, 2.24) is 0 Å². The van der Waals surface area contributed by atoms with E-state index < -0.39 is 0 Å². The number of carbonyl (C=O) groups is 2. The van der Waals surface area contributed by atoms with Crippen LogP contribution in [0.5, 0.6) is 0 Å². The first-order valence-electron chi connectivity index (χ1n) is 8.05. The van der Waals surface area contributed by atoms with Gasteiger partial charge in [0.15, 0.2) is 0 Å². The summed E-state index contributed by atoms with van der Waals surface area (Å²) in [7, 11) is 0. The van der Waals surface area contributed by atoms with Crippen LogP contribution in [-0.2, 0) is 9.59 Å². The Kier molecular flexibility index (Phi) is 3.24. The molecule has 3 nitrogen and oxygen atoms in total. The van der Waals surface area contributed by atoms with E-state index in [4.69, 9.17) is 11.6 Å². The molecule has 2 fully saturated rings. The molecular weight excluding hydrogens is 310 g/mol. The molecule has 2 aliphatic carbocycles. The Bertz CT molecular complexity index is 728. The van der Waals surface area contributed by atoms with Gasteiger partial charge in [0.25, 0.3) is 0 Å². The molecule has 0 radical (unpaired) electrons. The third kappa shape index (κ3) is 1.89. The van der Waals surface area contributed by atoms with Crippen molar-refractivity contribution in [3.05, 3.63) is 52.6 Å². The second kappa shape index (κ2) is 5.07. The number of hydrogen-bond donors (Lipinski definition) is 0. The topological polar surface area (TPSA) is 37.4 Å². The van der Waals surface area contributed by atoms with Crippen molar-refractivity contribution in [3.63, 3.8) is 0 Å². The maximum absolute atomic E-state index is 12.9. The van der Waals surface area contributed by atoms with Crippen LogP contribution in [0.1, 0.15) is 20.3 Å². The summed E-state index contributed by atoms with van der Waals surface area (Å²) in [6, 6.07) is 6.90. The molecule has 4 rings (SSSR count). The molecular formula is C19H18ClNO2. The fraction of sp³-hybridized carbons (Fsp3) is 0.368.